The Hall–Kier alpha value is -12.3. The molecule has 0 spiro atoms. The van der Waals surface area contributed by atoms with E-state index in [1.54, 1.807) is 0 Å². The van der Waals surface area contributed by atoms with Gasteiger partial charge in [-0.25, -0.2) is 9.97 Å². The Morgan fingerprint density at radius 1 is 0.330 bits per heavy atom. The third kappa shape index (κ3) is 10.2. The number of para-hydroxylation sites is 5. The Balaban J connectivity index is 0.922. The molecule has 0 fully saturated rings. The minimum atomic E-state index is -0.124. The lowest BCUT2D eigenvalue weighted by atomic mass is 9.71. The molecule has 446 valence electrons. The first-order valence-corrected chi connectivity index (χ1v) is 32.3. The molecule has 10 aromatic carbocycles. The fourth-order valence-corrected chi connectivity index (χ4v) is 14.2. The van der Waals surface area contributed by atoms with E-state index >= 15 is 0 Å². The Labute approximate surface area is 546 Å². The molecule has 0 saturated carbocycles. The summed E-state index contributed by atoms with van der Waals surface area (Å²) in [7, 11) is 0. The molecule has 94 heavy (non-hydrogen) atoms. The van der Waals surface area contributed by atoms with Gasteiger partial charge in [0.1, 0.15) is 11.6 Å². The Morgan fingerprint density at radius 2 is 0.777 bits per heavy atom. The summed E-state index contributed by atoms with van der Waals surface area (Å²) < 4.78 is 0. The van der Waals surface area contributed by atoms with Crippen molar-refractivity contribution in [2.45, 2.75) is 19.3 Å². The molecule has 0 aliphatic heterocycles. The van der Waals surface area contributed by atoms with Crippen LogP contribution in [0.15, 0.2) is 351 Å². The van der Waals surface area contributed by atoms with E-state index in [2.05, 4.69) is 329 Å². The molecular formula is C86H62N8. The van der Waals surface area contributed by atoms with Crippen molar-refractivity contribution < 1.29 is 0 Å². The second-order valence-corrected chi connectivity index (χ2v) is 24.0. The first-order valence-electron chi connectivity index (χ1n) is 32.3. The number of pyridine rings is 4. The van der Waals surface area contributed by atoms with Crippen molar-refractivity contribution in [2.75, 3.05) is 19.6 Å². The van der Waals surface area contributed by atoms with Gasteiger partial charge in [0, 0.05) is 96.7 Å². The van der Waals surface area contributed by atoms with Crippen molar-refractivity contribution in [3.63, 3.8) is 0 Å². The van der Waals surface area contributed by atoms with Crippen LogP contribution < -0.4 is 30.0 Å². The van der Waals surface area contributed by atoms with E-state index < -0.39 is 0 Å². The molecule has 17 rings (SSSR count). The predicted molar refractivity (Wildman–Crippen MR) is 389 cm³/mol. The third-order valence-corrected chi connectivity index (χ3v) is 18.4. The molecule has 3 aliphatic rings. The molecule has 1 unspecified atom stereocenters. The van der Waals surface area contributed by atoms with Gasteiger partial charge in [-0.05, 0) is 203 Å². The number of benzene rings is 10. The number of aromatic nitrogens is 4. The summed E-state index contributed by atoms with van der Waals surface area (Å²) in [5, 5.41) is 6.46. The van der Waals surface area contributed by atoms with Gasteiger partial charge in [0.15, 0.2) is 0 Å². The molecule has 0 radical (unpaired) electrons. The second kappa shape index (κ2) is 24.2. The van der Waals surface area contributed by atoms with Crippen molar-refractivity contribution in [1.29, 1.82) is 0 Å². The van der Waals surface area contributed by atoms with Gasteiger partial charge in [0.05, 0.1) is 22.1 Å². The number of allylic oxidation sites excluding steroid dienone is 7. The smallest absolute Gasteiger partial charge is 0.138 e. The zero-order valence-electron chi connectivity index (χ0n) is 51.5. The van der Waals surface area contributed by atoms with E-state index in [1.165, 1.54) is 22.4 Å². The van der Waals surface area contributed by atoms with E-state index in [0.717, 1.165) is 141 Å². The number of rotatable bonds is 14. The van der Waals surface area contributed by atoms with Gasteiger partial charge in [-0.2, -0.15) is 0 Å². The van der Waals surface area contributed by atoms with Crippen LogP contribution in [0.1, 0.15) is 30.4 Å². The zero-order chi connectivity index (χ0) is 62.3. The van der Waals surface area contributed by atoms with E-state index in [4.69, 9.17) is 19.9 Å². The maximum Gasteiger partial charge on any atom is 0.138 e. The largest absolute Gasteiger partial charge is 0.311 e. The lowest BCUT2D eigenvalue weighted by molar-refractivity contribution is 0.746. The van der Waals surface area contributed by atoms with Gasteiger partial charge in [0.2, 0.25) is 0 Å². The summed E-state index contributed by atoms with van der Waals surface area (Å²) >= 11 is 0. The van der Waals surface area contributed by atoms with Crippen LogP contribution >= 0.6 is 0 Å². The van der Waals surface area contributed by atoms with Crippen LogP contribution in [0.25, 0.3) is 54.8 Å². The molecule has 3 aliphatic carbocycles. The van der Waals surface area contributed by atoms with Crippen molar-refractivity contribution in [2.24, 2.45) is 5.92 Å². The number of hydrogen-bond donors (Lipinski definition) is 0. The fraction of sp³-hybridized carbons (Fsp3) is 0.0465. The summed E-state index contributed by atoms with van der Waals surface area (Å²) in [4.78, 5) is 30.3. The van der Waals surface area contributed by atoms with Crippen molar-refractivity contribution in [1.82, 2.24) is 19.9 Å². The van der Waals surface area contributed by atoms with Crippen LogP contribution in [-0.2, 0) is 0 Å². The van der Waals surface area contributed by atoms with Gasteiger partial charge in [0.25, 0.3) is 0 Å². The van der Waals surface area contributed by atoms with Crippen LogP contribution in [0.3, 0.4) is 0 Å². The number of fused-ring (bicyclic) bond motifs is 8. The van der Waals surface area contributed by atoms with Gasteiger partial charge >= 0.3 is 0 Å². The quantitative estimate of drug-likeness (QED) is 0.0998. The fourth-order valence-electron chi connectivity index (χ4n) is 14.2. The third-order valence-electron chi connectivity index (χ3n) is 18.4. The normalized spacial score (nSPS) is 14.3. The summed E-state index contributed by atoms with van der Waals surface area (Å²) in [5.41, 5.74) is 20.1. The Kier molecular flexibility index (Phi) is 14.3. The van der Waals surface area contributed by atoms with Gasteiger partial charge < -0.3 is 9.80 Å². The average Bonchev–Trinajstić information content (AvgIpc) is 0.727. The van der Waals surface area contributed by atoms with Crippen LogP contribution in [0.5, 0.6) is 0 Å². The first kappa shape index (κ1) is 55.8. The standard InChI is InChI=1S/C86H62N8/c1-7-23-65(24-8-1)91(66-25-9-2-10-26-66)71-45-39-59(40-46-71)81-75-51-49-74(94(70-33-17-6-18-34-70)80-54-44-64-38-36-62-22-20-56-88-84(62)86(64)90-80)58-78(75)82(60-41-47-72(48-42-60)92(67-27-11-3-12-28-67)68-29-13-4-14-30-68)76-52-50-73(57-77(76)81)93(69-31-15-5-16-32-69)79-53-43-63-37-35-61-21-19-55-87-83(61)85(63)89-79/h1-3,5-13,15-57,78H,4,14,58H2. The Bertz CT molecular complexity index is 5420. The van der Waals surface area contributed by atoms with E-state index in [1.807, 2.05) is 24.5 Å². The highest BCUT2D eigenvalue weighted by atomic mass is 15.2. The van der Waals surface area contributed by atoms with Crippen LogP contribution in [0.4, 0.5) is 57.1 Å². The average molecular weight is 1210 g/mol. The maximum absolute atomic E-state index is 5.56. The highest BCUT2D eigenvalue weighted by Crippen LogP contribution is 2.47. The second-order valence-electron chi connectivity index (χ2n) is 24.0. The number of anilines is 10. The number of hydrogen-bond acceptors (Lipinski definition) is 8. The van der Waals surface area contributed by atoms with E-state index in [0.29, 0.717) is 6.42 Å². The molecule has 14 aromatic rings. The van der Waals surface area contributed by atoms with E-state index in [-0.39, 0.29) is 5.92 Å². The molecule has 0 amide bonds. The topological polar surface area (TPSA) is 64.5 Å². The first-order chi connectivity index (χ1) is 46.6. The maximum atomic E-state index is 5.56. The molecule has 4 aromatic heterocycles. The minimum absolute atomic E-state index is 0.124. The van der Waals surface area contributed by atoms with Gasteiger partial charge in [-0.3, -0.25) is 19.8 Å². The minimum Gasteiger partial charge on any atom is -0.311 e. The molecule has 0 bridgehead atoms. The van der Waals surface area contributed by atoms with Crippen molar-refractivity contribution in [3.05, 3.63) is 372 Å². The highest BCUT2D eigenvalue weighted by molar-refractivity contribution is 6.05. The lowest BCUT2D eigenvalue weighted by Gasteiger charge is -2.37. The van der Waals surface area contributed by atoms with E-state index in [9.17, 15) is 0 Å². The summed E-state index contributed by atoms with van der Waals surface area (Å²) in [5.74, 6) is 1.49. The molecule has 1 atom stereocenters. The monoisotopic (exact) mass is 1210 g/mol. The Morgan fingerprint density at radius 3 is 1.31 bits per heavy atom. The lowest BCUT2D eigenvalue weighted by Crippen LogP contribution is -2.39. The predicted octanol–water partition coefficient (Wildman–Crippen LogP) is 20.3. The molecule has 0 N–H and O–H groups in total. The molecular weight excluding hydrogens is 1150 g/mol. The molecule has 0 saturated heterocycles. The summed E-state index contributed by atoms with van der Waals surface area (Å²) in [6.45, 7) is 0. The zero-order valence-corrected chi connectivity index (χ0v) is 51.5. The number of nitrogens with zero attached hydrogens (tertiary/aromatic N) is 8. The summed E-state index contributed by atoms with van der Waals surface area (Å²) in [6.07, 6.45) is 18.1. The molecule has 8 nitrogen and oxygen atoms in total. The van der Waals surface area contributed by atoms with Crippen LogP contribution in [0.2, 0.25) is 0 Å². The SMILES string of the molecule is C1=CC(N(c2ccccc2)c2ccc(C3=c4ccc(N(c5ccccc5)c5ccc6ccc7cccnc7c6n5)cc4=C(c4ccc(N(c5ccccc5)c5ccccc5)cc4)C4=CC=C(N(c5ccccc5)c5ccc6ccc7cccnc7c6n5)CC43)cc2)=CCC1. The van der Waals surface area contributed by atoms with Crippen LogP contribution in [0, 0.1) is 5.92 Å². The summed E-state index contributed by atoms with van der Waals surface area (Å²) in [6, 6.07) is 104. The van der Waals surface area contributed by atoms with Gasteiger partial charge in [-0.1, -0.05) is 176 Å². The van der Waals surface area contributed by atoms with Crippen molar-refractivity contribution in [3.8, 4) is 0 Å². The van der Waals surface area contributed by atoms with Gasteiger partial charge in [-0.15, -0.1) is 0 Å². The van der Waals surface area contributed by atoms with Crippen LogP contribution in [-0.4, -0.2) is 19.9 Å². The molecule has 8 heteroatoms. The molecule has 4 heterocycles. The van der Waals surface area contributed by atoms with Crippen molar-refractivity contribution >= 4 is 112 Å². The highest BCUT2D eigenvalue weighted by Gasteiger charge is 2.35.